The maximum Gasteiger partial charge on any atom is 0.258 e. The van der Waals surface area contributed by atoms with Gasteiger partial charge in [0.15, 0.2) is 0 Å². The summed E-state index contributed by atoms with van der Waals surface area (Å²) in [5.41, 5.74) is 4.20. The number of benzene rings is 2. The molecule has 3 aromatic rings. The highest BCUT2D eigenvalue weighted by molar-refractivity contribution is 6.05. The molecule has 2 aromatic carbocycles. The highest BCUT2D eigenvalue weighted by Crippen LogP contribution is 2.26. The predicted octanol–water partition coefficient (Wildman–Crippen LogP) is 3.62. The monoisotopic (exact) mass is 389 g/mol. The van der Waals surface area contributed by atoms with Gasteiger partial charge in [-0.3, -0.25) is 4.79 Å². The summed E-state index contributed by atoms with van der Waals surface area (Å²) in [5, 5.41) is 6.12. The molecule has 7 heteroatoms. The largest absolute Gasteiger partial charge is 0.378 e. The SMILES string of the molecule is Cc1cccc(Nc2ncc(C(=O)Nc3ccccc3N3CCOCC3)cn2)c1. The van der Waals surface area contributed by atoms with E-state index in [1.807, 2.05) is 55.5 Å². The molecule has 0 atom stereocenters. The number of aryl methyl sites for hydroxylation is 1. The Kier molecular flexibility index (Phi) is 5.67. The van der Waals surface area contributed by atoms with Crippen molar-refractivity contribution in [3.8, 4) is 0 Å². The second-order valence-electron chi connectivity index (χ2n) is 6.86. The Labute approximate surface area is 169 Å². The van der Waals surface area contributed by atoms with E-state index in [4.69, 9.17) is 4.74 Å². The van der Waals surface area contributed by atoms with Gasteiger partial charge in [-0.1, -0.05) is 24.3 Å². The van der Waals surface area contributed by atoms with Crippen LogP contribution in [-0.4, -0.2) is 42.2 Å². The van der Waals surface area contributed by atoms with Crippen LogP contribution in [0, 0.1) is 6.92 Å². The highest BCUT2D eigenvalue weighted by Gasteiger charge is 2.16. The van der Waals surface area contributed by atoms with Crippen LogP contribution in [0.25, 0.3) is 0 Å². The molecule has 0 unspecified atom stereocenters. The van der Waals surface area contributed by atoms with Crippen molar-refractivity contribution in [2.75, 3.05) is 41.8 Å². The molecular formula is C22H23N5O2. The Balaban J connectivity index is 1.45. The molecule has 4 rings (SSSR count). The van der Waals surface area contributed by atoms with Gasteiger partial charge in [0.2, 0.25) is 5.95 Å². The van der Waals surface area contributed by atoms with Gasteiger partial charge in [-0.15, -0.1) is 0 Å². The number of rotatable bonds is 5. The number of para-hydroxylation sites is 2. The van der Waals surface area contributed by atoms with E-state index in [-0.39, 0.29) is 5.91 Å². The summed E-state index contributed by atoms with van der Waals surface area (Å²) >= 11 is 0. The van der Waals surface area contributed by atoms with Gasteiger partial charge in [0, 0.05) is 31.2 Å². The standard InChI is InChI=1S/C22H23N5O2/c1-16-5-4-6-18(13-16)25-22-23-14-17(15-24-22)21(28)26-19-7-2-3-8-20(19)27-9-11-29-12-10-27/h2-8,13-15H,9-12H2,1H3,(H,26,28)(H,23,24,25). The molecule has 0 spiro atoms. The Morgan fingerprint density at radius 1 is 1.03 bits per heavy atom. The quantitative estimate of drug-likeness (QED) is 0.694. The number of hydrogen-bond donors (Lipinski definition) is 2. The van der Waals surface area contributed by atoms with Crippen molar-refractivity contribution >= 4 is 28.9 Å². The van der Waals surface area contributed by atoms with Crippen molar-refractivity contribution in [3.05, 3.63) is 72.1 Å². The number of ether oxygens (including phenoxy) is 1. The molecular weight excluding hydrogens is 366 g/mol. The fourth-order valence-electron chi connectivity index (χ4n) is 3.22. The second kappa shape index (κ2) is 8.70. The van der Waals surface area contributed by atoms with Crippen molar-refractivity contribution < 1.29 is 9.53 Å². The van der Waals surface area contributed by atoms with E-state index >= 15 is 0 Å². The van der Waals surface area contributed by atoms with Crippen LogP contribution in [0.3, 0.4) is 0 Å². The molecule has 2 N–H and O–H groups in total. The summed E-state index contributed by atoms with van der Waals surface area (Å²) < 4.78 is 5.42. The number of nitrogens with one attached hydrogen (secondary N) is 2. The molecule has 148 valence electrons. The van der Waals surface area contributed by atoms with E-state index in [1.165, 1.54) is 12.4 Å². The maximum atomic E-state index is 12.7. The lowest BCUT2D eigenvalue weighted by molar-refractivity contribution is 0.102. The topological polar surface area (TPSA) is 79.4 Å². The Bertz CT molecular complexity index is 985. The molecule has 2 heterocycles. The summed E-state index contributed by atoms with van der Waals surface area (Å²) in [6.07, 6.45) is 3.05. The third-order valence-corrected chi connectivity index (χ3v) is 4.69. The third kappa shape index (κ3) is 4.70. The van der Waals surface area contributed by atoms with E-state index in [0.29, 0.717) is 24.7 Å². The molecule has 29 heavy (non-hydrogen) atoms. The van der Waals surface area contributed by atoms with Gasteiger partial charge < -0.3 is 20.3 Å². The van der Waals surface area contributed by atoms with Crippen LogP contribution >= 0.6 is 0 Å². The van der Waals surface area contributed by atoms with Crippen LogP contribution in [0.4, 0.5) is 23.0 Å². The molecule has 1 fully saturated rings. The molecule has 0 radical (unpaired) electrons. The third-order valence-electron chi connectivity index (χ3n) is 4.69. The molecule has 1 aliphatic rings. The van der Waals surface area contributed by atoms with Gasteiger partial charge in [-0.25, -0.2) is 9.97 Å². The molecule has 0 aliphatic carbocycles. The molecule has 1 saturated heterocycles. The lowest BCUT2D eigenvalue weighted by atomic mass is 10.2. The highest BCUT2D eigenvalue weighted by atomic mass is 16.5. The summed E-state index contributed by atoms with van der Waals surface area (Å²) in [6, 6.07) is 15.7. The summed E-state index contributed by atoms with van der Waals surface area (Å²) in [6.45, 7) is 5.00. The number of carbonyl (C=O) groups is 1. The average molecular weight is 389 g/mol. The molecule has 0 bridgehead atoms. The van der Waals surface area contributed by atoms with Gasteiger partial charge in [0.05, 0.1) is 30.2 Å². The fraction of sp³-hybridized carbons (Fsp3) is 0.227. The second-order valence-corrected chi connectivity index (χ2v) is 6.86. The number of hydrogen-bond acceptors (Lipinski definition) is 6. The number of anilines is 4. The van der Waals surface area contributed by atoms with Crippen molar-refractivity contribution in [2.45, 2.75) is 6.92 Å². The number of morpholine rings is 1. The number of carbonyl (C=O) groups excluding carboxylic acids is 1. The summed E-state index contributed by atoms with van der Waals surface area (Å²) in [7, 11) is 0. The van der Waals surface area contributed by atoms with Crippen LogP contribution in [0.1, 0.15) is 15.9 Å². The van der Waals surface area contributed by atoms with Crippen LogP contribution in [0.5, 0.6) is 0 Å². The van der Waals surface area contributed by atoms with E-state index in [2.05, 4.69) is 25.5 Å². The van der Waals surface area contributed by atoms with Gasteiger partial charge in [0.1, 0.15) is 0 Å². The Morgan fingerprint density at radius 2 is 1.79 bits per heavy atom. The molecule has 1 aromatic heterocycles. The number of amides is 1. The molecule has 0 saturated carbocycles. The first-order valence-corrected chi connectivity index (χ1v) is 9.58. The summed E-state index contributed by atoms with van der Waals surface area (Å²) in [5.74, 6) is 0.202. The van der Waals surface area contributed by atoms with Crippen molar-refractivity contribution in [2.24, 2.45) is 0 Å². The molecule has 1 amide bonds. The zero-order valence-electron chi connectivity index (χ0n) is 16.3. The van der Waals surface area contributed by atoms with Gasteiger partial charge in [-0.05, 0) is 36.8 Å². The first-order valence-electron chi connectivity index (χ1n) is 9.58. The van der Waals surface area contributed by atoms with Gasteiger partial charge >= 0.3 is 0 Å². The van der Waals surface area contributed by atoms with E-state index in [0.717, 1.165) is 35.7 Å². The van der Waals surface area contributed by atoms with Crippen molar-refractivity contribution in [1.82, 2.24) is 9.97 Å². The fourth-order valence-corrected chi connectivity index (χ4v) is 3.22. The minimum atomic E-state index is -0.243. The van der Waals surface area contributed by atoms with E-state index in [9.17, 15) is 4.79 Å². The number of aromatic nitrogens is 2. The summed E-state index contributed by atoms with van der Waals surface area (Å²) in [4.78, 5) is 23.5. The lowest BCUT2D eigenvalue weighted by Crippen LogP contribution is -2.36. The smallest absolute Gasteiger partial charge is 0.258 e. The van der Waals surface area contributed by atoms with Gasteiger partial charge in [-0.2, -0.15) is 0 Å². The predicted molar refractivity (Wildman–Crippen MR) is 114 cm³/mol. The Morgan fingerprint density at radius 3 is 2.55 bits per heavy atom. The maximum absolute atomic E-state index is 12.7. The zero-order valence-corrected chi connectivity index (χ0v) is 16.3. The van der Waals surface area contributed by atoms with Crippen LogP contribution in [-0.2, 0) is 4.74 Å². The van der Waals surface area contributed by atoms with E-state index < -0.39 is 0 Å². The lowest BCUT2D eigenvalue weighted by Gasteiger charge is -2.30. The van der Waals surface area contributed by atoms with Gasteiger partial charge in [0.25, 0.3) is 5.91 Å². The van der Waals surface area contributed by atoms with Crippen LogP contribution in [0.2, 0.25) is 0 Å². The van der Waals surface area contributed by atoms with Crippen LogP contribution in [0.15, 0.2) is 60.9 Å². The minimum absolute atomic E-state index is 0.243. The van der Waals surface area contributed by atoms with E-state index in [1.54, 1.807) is 0 Å². The Hall–Kier alpha value is -3.45. The molecule has 7 nitrogen and oxygen atoms in total. The van der Waals surface area contributed by atoms with Crippen molar-refractivity contribution in [1.29, 1.82) is 0 Å². The first-order chi connectivity index (χ1) is 14.2. The van der Waals surface area contributed by atoms with Crippen molar-refractivity contribution in [3.63, 3.8) is 0 Å². The zero-order chi connectivity index (χ0) is 20.1. The number of nitrogens with zero attached hydrogens (tertiary/aromatic N) is 3. The molecule has 1 aliphatic heterocycles. The minimum Gasteiger partial charge on any atom is -0.378 e. The first kappa shape index (κ1) is 18.9. The van der Waals surface area contributed by atoms with Crippen LogP contribution < -0.4 is 15.5 Å². The normalized spacial score (nSPS) is 13.8. The average Bonchev–Trinajstić information content (AvgIpc) is 2.75.